The summed E-state index contributed by atoms with van der Waals surface area (Å²) in [6.45, 7) is 9.83. The van der Waals surface area contributed by atoms with Crippen LogP contribution >= 0.6 is 0 Å². The van der Waals surface area contributed by atoms with Crippen LogP contribution in [-0.2, 0) is 26.9 Å². The number of aryl methyl sites for hydroxylation is 6. The molecule has 1 saturated heterocycles. The third kappa shape index (κ3) is 10.1. The van der Waals surface area contributed by atoms with Crippen LogP contribution in [0.3, 0.4) is 0 Å². The normalized spacial score (nSPS) is 12.2. The van der Waals surface area contributed by atoms with Gasteiger partial charge in [0.25, 0.3) is 0 Å². The predicted molar refractivity (Wildman–Crippen MR) is 246 cm³/mol. The fraction of sp³-hybridized carbons (Fsp3) is 0.212. The van der Waals surface area contributed by atoms with Crippen molar-refractivity contribution in [3.8, 4) is 52.0 Å². The van der Waals surface area contributed by atoms with Gasteiger partial charge in [-0.05, 0) is 140 Å². The molecular weight excluding hydrogens is 803 g/mol. The molecule has 0 amide bonds. The maximum atomic E-state index is 12.8. The van der Waals surface area contributed by atoms with E-state index in [9.17, 15) is 14.7 Å². The summed E-state index contributed by atoms with van der Waals surface area (Å²) in [7, 11) is 3.78. The summed E-state index contributed by atoms with van der Waals surface area (Å²) < 4.78 is 17.5. The Kier molecular flexibility index (Phi) is 12.5. The van der Waals surface area contributed by atoms with Gasteiger partial charge in [-0.15, -0.1) is 5.10 Å². The summed E-state index contributed by atoms with van der Waals surface area (Å²) in [5.41, 5.74) is 10.1. The molecule has 8 aromatic rings. The van der Waals surface area contributed by atoms with Gasteiger partial charge in [0, 0.05) is 76.2 Å². The third-order valence-corrected chi connectivity index (χ3v) is 11.0. The van der Waals surface area contributed by atoms with Gasteiger partial charge in [-0.3, -0.25) is 14.6 Å². The molecule has 322 valence electrons. The molecule has 0 atom stereocenters. The predicted octanol–water partition coefficient (Wildman–Crippen LogP) is 9.10. The molecule has 12 heteroatoms. The lowest BCUT2D eigenvalue weighted by Crippen LogP contribution is -2.40. The SMILES string of the molecule is Cc1cc(C(=O)Cc2cc(Oc3ccc(O)c(-c4ccccn4)c3)ccc2C)n(C)c1.Cc1cc(C(=O)Cc2cc(Oc3ccc4nc(C#CC5CNC5)cn4n3)ccc2C)n(C)c1. The summed E-state index contributed by atoms with van der Waals surface area (Å²) in [5, 5.41) is 17.9. The Morgan fingerprint density at radius 2 is 1.34 bits per heavy atom. The first kappa shape index (κ1) is 42.9. The van der Waals surface area contributed by atoms with E-state index in [1.165, 1.54) is 0 Å². The number of phenols is 1. The first-order valence-corrected chi connectivity index (χ1v) is 21.1. The zero-order chi connectivity index (χ0) is 44.9. The van der Waals surface area contributed by atoms with E-state index in [1.54, 1.807) is 35.0 Å². The number of aromatic nitrogens is 6. The van der Waals surface area contributed by atoms with Gasteiger partial charge in [-0.2, -0.15) is 0 Å². The number of benzene rings is 3. The Balaban J connectivity index is 0.000000175. The van der Waals surface area contributed by atoms with Gasteiger partial charge in [0.2, 0.25) is 5.88 Å². The number of hydrogen-bond acceptors (Lipinski definition) is 9. The summed E-state index contributed by atoms with van der Waals surface area (Å²) in [4.78, 5) is 34.4. The number of rotatable bonds is 11. The minimum atomic E-state index is 0.0675. The topological polar surface area (TPSA) is 138 Å². The average Bonchev–Trinajstić information content (AvgIpc) is 3.94. The second-order valence-corrected chi connectivity index (χ2v) is 16.2. The third-order valence-electron chi connectivity index (χ3n) is 11.0. The minimum Gasteiger partial charge on any atom is -0.507 e. The average molecular weight is 852 g/mol. The molecule has 12 nitrogen and oxygen atoms in total. The molecule has 0 bridgehead atoms. The van der Waals surface area contributed by atoms with Crippen LogP contribution in [0, 0.1) is 45.5 Å². The first-order chi connectivity index (χ1) is 30.8. The number of carbonyl (C=O) groups excluding carboxylic acids is 2. The highest BCUT2D eigenvalue weighted by atomic mass is 16.5. The van der Waals surface area contributed by atoms with Crippen molar-refractivity contribution in [1.29, 1.82) is 0 Å². The molecule has 1 aliphatic rings. The second kappa shape index (κ2) is 18.7. The van der Waals surface area contributed by atoms with Crippen molar-refractivity contribution in [3.05, 3.63) is 172 Å². The van der Waals surface area contributed by atoms with Crippen LogP contribution in [0.1, 0.15) is 60.1 Å². The summed E-state index contributed by atoms with van der Waals surface area (Å²) in [5.74, 6) is 9.32. The molecule has 1 aliphatic heterocycles. The van der Waals surface area contributed by atoms with Crippen molar-refractivity contribution in [3.63, 3.8) is 0 Å². The molecule has 64 heavy (non-hydrogen) atoms. The molecule has 0 aliphatic carbocycles. The quantitative estimate of drug-likeness (QED) is 0.0965. The molecule has 0 saturated carbocycles. The van der Waals surface area contributed by atoms with Crippen LogP contribution in [0.2, 0.25) is 0 Å². The van der Waals surface area contributed by atoms with Gasteiger partial charge in [-0.1, -0.05) is 24.1 Å². The van der Waals surface area contributed by atoms with E-state index in [0.717, 1.165) is 46.5 Å². The van der Waals surface area contributed by atoms with Crippen molar-refractivity contribution >= 4 is 17.2 Å². The van der Waals surface area contributed by atoms with E-state index in [0.29, 0.717) is 75.9 Å². The van der Waals surface area contributed by atoms with Gasteiger partial charge in [0.15, 0.2) is 17.2 Å². The molecule has 0 unspecified atom stereocenters. The molecule has 9 rings (SSSR count). The van der Waals surface area contributed by atoms with Gasteiger partial charge in [-0.25, -0.2) is 9.50 Å². The largest absolute Gasteiger partial charge is 0.507 e. The Hall–Kier alpha value is -7.75. The van der Waals surface area contributed by atoms with Gasteiger partial charge in [0.05, 0.1) is 23.3 Å². The molecule has 3 aromatic carbocycles. The number of Topliss-reactive ketones (excluding diaryl/α,β-unsaturated/α-hetero) is 2. The number of nitrogens with one attached hydrogen (secondary N) is 1. The smallest absolute Gasteiger partial charge is 0.237 e. The van der Waals surface area contributed by atoms with E-state index >= 15 is 0 Å². The standard InChI is InChI=1S/C26H25N5O2.C26H24N2O3/c1-17-10-23(30(3)15-17)24(32)12-20-11-22(7-4-18(20)2)33-26-9-8-25-28-21(16-31(25)29-26)6-5-19-13-27-14-19;1-17-12-24(28(3)16-17)26(30)14-19-13-20(8-7-18(19)2)31-21-9-10-25(29)22(15-21)23-6-4-5-11-27-23/h4,7-11,15-16,19,27H,12-14H2,1-3H3;4-13,15-16,29H,14H2,1-3H3. The van der Waals surface area contributed by atoms with Crippen molar-refractivity contribution in [1.82, 2.24) is 34.0 Å². The highest BCUT2D eigenvalue weighted by Crippen LogP contribution is 2.34. The Labute approximate surface area is 372 Å². The van der Waals surface area contributed by atoms with Crippen molar-refractivity contribution in [2.75, 3.05) is 13.1 Å². The van der Waals surface area contributed by atoms with E-state index in [-0.39, 0.29) is 17.3 Å². The summed E-state index contributed by atoms with van der Waals surface area (Å²) in [6, 6.07) is 29.6. The van der Waals surface area contributed by atoms with E-state index < -0.39 is 0 Å². The molecule has 1 fully saturated rings. The number of imidazole rings is 1. The number of hydrogen-bond donors (Lipinski definition) is 2. The maximum Gasteiger partial charge on any atom is 0.237 e. The number of fused-ring (bicyclic) bond motifs is 1. The molecular formula is C52H49N7O5. The lowest BCUT2D eigenvalue weighted by Gasteiger charge is -2.20. The Morgan fingerprint density at radius 1 is 0.734 bits per heavy atom. The van der Waals surface area contributed by atoms with Crippen LogP contribution in [0.15, 0.2) is 122 Å². The summed E-state index contributed by atoms with van der Waals surface area (Å²) in [6.07, 6.45) is 8.01. The molecule has 0 spiro atoms. The number of ketones is 2. The van der Waals surface area contributed by atoms with Crippen LogP contribution in [-0.4, -0.2) is 58.5 Å². The zero-order valence-electron chi connectivity index (χ0n) is 36.7. The maximum absolute atomic E-state index is 12.8. The summed E-state index contributed by atoms with van der Waals surface area (Å²) >= 11 is 0. The fourth-order valence-electron chi connectivity index (χ4n) is 7.45. The monoisotopic (exact) mass is 851 g/mol. The number of ether oxygens (including phenoxy) is 2. The highest BCUT2D eigenvalue weighted by molar-refractivity contribution is 5.97. The van der Waals surface area contributed by atoms with E-state index in [1.807, 2.05) is 142 Å². The van der Waals surface area contributed by atoms with E-state index in [2.05, 4.69) is 32.2 Å². The van der Waals surface area contributed by atoms with Crippen molar-refractivity contribution in [2.45, 2.75) is 40.5 Å². The number of nitrogens with zero attached hydrogens (tertiary/aromatic N) is 6. The minimum absolute atomic E-state index is 0.0675. The van der Waals surface area contributed by atoms with Crippen LogP contribution in [0.5, 0.6) is 28.9 Å². The first-order valence-electron chi connectivity index (χ1n) is 21.1. The molecule has 2 N–H and O–H groups in total. The fourth-order valence-corrected chi connectivity index (χ4v) is 7.45. The second-order valence-electron chi connectivity index (χ2n) is 16.2. The van der Waals surface area contributed by atoms with E-state index in [4.69, 9.17) is 9.47 Å². The molecule has 6 heterocycles. The van der Waals surface area contributed by atoms with Gasteiger partial charge in [0.1, 0.15) is 28.7 Å². The lowest BCUT2D eigenvalue weighted by atomic mass is 10.0. The molecule has 5 aromatic heterocycles. The van der Waals surface area contributed by atoms with Crippen LogP contribution in [0.25, 0.3) is 16.9 Å². The highest BCUT2D eigenvalue weighted by Gasteiger charge is 2.17. The zero-order valence-corrected chi connectivity index (χ0v) is 36.7. The van der Waals surface area contributed by atoms with Gasteiger partial charge < -0.3 is 29.0 Å². The Morgan fingerprint density at radius 3 is 1.91 bits per heavy atom. The lowest BCUT2D eigenvalue weighted by molar-refractivity contribution is 0.0977. The van der Waals surface area contributed by atoms with Crippen LogP contribution < -0.4 is 14.8 Å². The van der Waals surface area contributed by atoms with Crippen LogP contribution in [0.4, 0.5) is 0 Å². The number of aromatic hydroxyl groups is 1. The van der Waals surface area contributed by atoms with Gasteiger partial charge >= 0.3 is 0 Å². The Bertz CT molecular complexity index is 3070. The van der Waals surface area contributed by atoms with Crippen molar-refractivity contribution in [2.24, 2.45) is 20.0 Å². The number of carbonyl (C=O) groups is 2. The number of phenolic OH excluding ortho intramolecular Hbond substituents is 1. The van der Waals surface area contributed by atoms with Crippen molar-refractivity contribution < 1.29 is 24.2 Å². The number of pyridine rings is 1. The molecule has 0 radical (unpaired) electrons.